The maximum atomic E-state index is 11.6. The molecule has 0 aliphatic heterocycles. The van der Waals surface area contributed by atoms with Crippen molar-refractivity contribution in [3.63, 3.8) is 0 Å². The van der Waals surface area contributed by atoms with Crippen molar-refractivity contribution in [1.82, 2.24) is 9.55 Å². The Morgan fingerprint density at radius 3 is 2.79 bits per heavy atom. The van der Waals surface area contributed by atoms with Crippen molar-refractivity contribution in [1.29, 1.82) is 0 Å². The maximum absolute atomic E-state index is 11.6. The Bertz CT molecular complexity index is 601. The molecule has 0 atom stereocenters. The minimum absolute atomic E-state index is 0.201. The second kappa shape index (κ2) is 5.44. The number of aryl methyl sites for hydroxylation is 2. The largest absolute Gasteiger partial charge is 0.464 e. The topological polar surface area (TPSA) is 70.1 Å². The Balaban J connectivity index is 2.42. The summed E-state index contributed by atoms with van der Waals surface area (Å²) < 4.78 is 6.57. The quantitative estimate of drug-likeness (QED) is 0.871. The fraction of sp³-hybridized carbons (Fsp3) is 0.385. The fourth-order valence-electron chi connectivity index (χ4n) is 1.93. The lowest BCUT2D eigenvalue weighted by Crippen LogP contribution is -2.10. The van der Waals surface area contributed by atoms with Gasteiger partial charge in [-0.15, -0.1) is 0 Å². The number of aromatic nitrogens is 2. The number of nitrogens with zero attached hydrogens (tertiary/aromatic N) is 2. The van der Waals surface area contributed by atoms with Gasteiger partial charge in [-0.1, -0.05) is 6.92 Å². The zero-order chi connectivity index (χ0) is 14.0. The summed E-state index contributed by atoms with van der Waals surface area (Å²) in [6.45, 7) is 4.68. The van der Waals surface area contributed by atoms with E-state index < -0.39 is 5.97 Å². The first-order valence-electron chi connectivity index (χ1n) is 6.03. The number of hydrogen-bond acceptors (Lipinski definition) is 5. The number of imidazole rings is 1. The normalized spacial score (nSPS) is 10.7. The molecule has 0 aliphatic rings. The molecule has 0 aromatic carbocycles. The van der Waals surface area contributed by atoms with E-state index >= 15 is 0 Å². The van der Waals surface area contributed by atoms with Gasteiger partial charge in [-0.3, -0.25) is 0 Å². The van der Waals surface area contributed by atoms with Gasteiger partial charge < -0.3 is 15.0 Å². The van der Waals surface area contributed by atoms with Crippen LogP contribution in [0.1, 0.15) is 34.4 Å². The van der Waals surface area contributed by atoms with Gasteiger partial charge in [0.15, 0.2) is 5.69 Å². The van der Waals surface area contributed by atoms with Crippen molar-refractivity contribution < 1.29 is 9.53 Å². The van der Waals surface area contributed by atoms with E-state index in [9.17, 15) is 4.79 Å². The third-order valence-corrected chi connectivity index (χ3v) is 3.98. The van der Waals surface area contributed by atoms with Gasteiger partial charge in [-0.05, 0) is 28.8 Å². The van der Waals surface area contributed by atoms with Crippen LogP contribution >= 0.6 is 11.3 Å². The summed E-state index contributed by atoms with van der Waals surface area (Å²) >= 11 is 1.66. The van der Waals surface area contributed by atoms with Crippen molar-refractivity contribution in [2.24, 2.45) is 0 Å². The molecular formula is C13H17N3O2S. The Kier molecular flexibility index (Phi) is 3.90. The molecule has 0 unspecified atom stereocenters. The maximum Gasteiger partial charge on any atom is 0.360 e. The molecule has 6 heteroatoms. The van der Waals surface area contributed by atoms with E-state index in [1.165, 1.54) is 18.2 Å². The lowest BCUT2D eigenvalue weighted by Gasteiger charge is -2.08. The molecule has 0 spiro atoms. The van der Waals surface area contributed by atoms with E-state index in [1.54, 1.807) is 11.3 Å². The average molecular weight is 279 g/mol. The molecule has 0 amide bonds. The molecule has 0 saturated heterocycles. The van der Waals surface area contributed by atoms with Crippen LogP contribution in [0.2, 0.25) is 0 Å². The summed E-state index contributed by atoms with van der Waals surface area (Å²) in [6.07, 6.45) is 0.713. The molecule has 2 rings (SSSR count). The fourth-order valence-corrected chi connectivity index (χ4v) is 2.77. The number of methoxy groups -OCH3 is 1. The first kappa shape index (κ1) is 13.6. The highest BCUT2D eigenvalue weighted by molar-refractivity contribution is 7.08. The molecule has 2 N–H and O–H groups in total. The van der Waals surface area contributed by atoms with Crippen LogP contribution in [0.3, 0.4) is 0 Å². The first-order valence-corrected chi connectivity index (χ1v) is 6.97. The molecule has 0 saturated carbocycles. The first-order chi connectivity index (χ1) is 9.08. The van der Waals surface area contributed by atoms with Crippen molar-refractivity contribution in [3.05, 3.63) is 33.4 Å². The Morgan fingerprint density at radius 2 is 2.26 bits per heavy atom. The number of hydrogen-bond donors (Lipinski definition) is 1. The molecule has 102 valence electrons. The zero-order valence-corrected chi connectivity index (χ0v) is 12.1. The van der Waals surface area contributed by atoms with Crippen molar-refractivity contribution in [2.45, 2.75) is 26.8 Å². The number of ether oxygens (including phenoxy) is 1. The third-order valence-electron chi connectivity index (χ3n) is 3.07. The number of carbonyl (C=O) groups excluding carboxylic acids is 1. The number of esters is 1. The zero-order valence-electron chi connectivity index (χ0n) is 11.3. The van der Waals surface area contributed by atoms with Gasteiger partial charge in [0.1, 0.15) is 11.6 Å². The number of rotatable bonds is 4. The summed E-state index contributed by atoms with van der Waals surface area (Å²) in [5.41, 5.74) is 8.64. The number of anilines is 1. The van der Waals surface area contributed by atoms with Crippen molar-refractivity contribution in [3.8, 4) is 0 Å². The van der Waals surface area contributed by atoms with Crippen LogP contribution in [0.25, 0.3) is 0 Å². The number of carbonyl (C=O) groups is 1. The van der Waals surface area contributed by atoms with Gasteiger partial charge in [0.25, 0.3) is 0 Å². The number of thiophene rings is 1. The van der Waals surface area contributed by atoms with Crippen LogP contribution in [0.5, 0.6) is 0 Å². The Hall–Kier alpha value is -1.82. The highest BCUT2D eigenvalue weighted by Gasteiger charge is 2.20. The van der Waals surface area contributed by atoms with Gasteiger partial charge in [0.2, 0.25) is 0 Å². The van der Waals surface area contributed by atoms with Crippen LogP contribution in [0.15, 0.2) is 10.8 Å². The monoisotopic (exact) mass is 279 g/mol. The summed E-state index contributed by atoms with van der Waals surface area (Å²) in [5, 5.41) is 4.18. The average Bonchev–Trinajstić information content (AvgIpc) is 2.95. The van der Waals surface area contributed by atoms with E-state index in [0.29, 0.717) is 18.8 Å². The van der Waals surface area contributed by atoms with Crippen LogP contribution in [-0.2, 0) is 17.7 Å². The van der Waals surface area contributed by atoms with Crippen LogP contribution in [0, 0.1) is 6.92 Å². The summed E-state index contributed by atoms with van der Waals surface area (Å²) in [5.74, 6) is 0.672. The summed E-state index contributed by atoms with van der Waals surface area (Å²) in [7, 11) is 1.33. The second-order valence-electron chi connectivity index (χ2n) is 4.27. The molecule has 0 aliphatic carbocycles. The SMILES string of the molecule is CCc1nc(C(=O)OC)c(N)n1Cc1cscc1C. The van der Waals surface area contributed by atoms with Crippen molar-refractivity contribution >= 4 is 23.1 Å². The molecule has 0 fully saturated rings. The molecule has 19 heavy (non-hydrogen) atoms. The minimum Gasteiger partial charge on any atom is -0.464 e. The minimum atomic E-state index is -0.493. The molecule has 2 heterocycles. The third kappa shape index (κ3) is 2.49. The van der Waals surface area contributed by atoms with Crippen LogP contribution in [-0.4, -0.2) is 22.6 Å². The molecular weight excluding hydrogens is 262 g/mol. The highest BCUT2D eigenvalue weighted by atomic mass is 32.1. The van der Waals surface area contributed by atoms with Gasteiger partial charge in [-0.25, -0.2) is 9.78 Å². The van der Waals surface area contributed by atoms with Gasteiger partial charge in [0.05, 0.1) is 13.7 Å². The van der Waals surface area contributed by atoms with E-state index in [2.05, 4.69) is 22.7 Å². The van der Waals surface area contributed by atoms with E-state index in [1.807, 2.05) is 11.5 Å². The molecule has 0 bridgehead atoms. The lowest BCUT2D eigenvalue weighted by atomic mass is 10.2. The smallest absolute Gasteiger partial charge is 0.360 e. The highest BCUT2D eigenvalue weighted by Crippen LogP contribution is 2.21. The summed E-state index contributed by atoms with van der Waals surface area (Å²) in [4.78, 5) is 15.9. The van der Waals surface area contributed by atoms with Crippen molar-refractivity contribution in [2.75, 3.05) is 12.8 Å². The molecule has 2 aromatic rings. The number of nitrogens with two attached hydrogens (primary N) is 1. The van der Waals surface area contributed by atoms with E-state index in [0.717, 1.165) is 5.82 Å². The molecule has 0 radical (unpaired) electrons. The number of nitrogen functional groups attached to an aromatic ring is 1. The Morgan fingerprint density at radius 1 is 1.53 bits per heavy atom. The second-order valence-corrected chi connectivity index (χ2v) is 5.02. The molecule has 5 nitrogen and oxygen atoms in total. The predicted octanol–water partition coefficient (Wildman–Crippen LogP) is 2.23. The standard InChI is InChI=1S/C13H17N3O2S/c1-4-10-15-11(13(17)18-3)12(14)16(10)5-9-7-19-6-8(9)2/h6-7H,4-5,14H2,1-3H3. The van der Waals surface area contributed by atoms with Gasteiger partial charge in [-0.2, -0.15) is 11.3 Å². The van der Waals surface area contributed by atoms with Crippen LogP contribution in [0.4, 0.5) is 5.82 Å². The van der Waals surface area contributed by atoms with Gasteiger partial charge >= 0.3 is 5.97 Å². The van der Waals surface area contributed by atoms with E-state index in [-0.39, 0.29) is 5.69 Å². The Labute approximate surface area is 116 Å². The predicted molar refractivity (Wildman–Crippen MR) is 75.5 cm³/mol. The summed E-state index contributed by atoms with van der Waals surface area (Å²) in [6, 6.07) is 0. The lowest BCUT2D eigenvalue weighted by molar-refractivity contribution is 0.0595. The molecule has 2 aromatic heterocycles. The van der Waals surface area contributed by atoms with Gasteiger partial charge in [0, 0.05) is 6.42 Å². The van der Waals surface area contributed by atoms with Crippen LogP contribution < -0.4 is 5.73 Å². The van der Waals surface area contributed by atoms with E-state index in [4.69, 9.17) is 10.5 Å².